The van der Waals surface area contributed by atoms with Crippen LogP contribution in [0.3, 0.4) is 0 Å². The van der Waals surface area contributed by atoms with E-state index in [2.05, 4.69) is 4.18 Å². The number of rotatable bonds is 2. The molecule has 1 rings (SSSR count). The van der Waals surface area contributed by atoms with Crippen LogP contribution in [-0.2, 0) is 14.3 Å². The second-order valence-corrected chi connectivity index (χ2v) is 8.52. The second-order valence-electron chi connectivity index (χ2n) is 6.99. The average molecular weight is 330 g/mol. The van der Waals surface area contributed by atoms with E-state index in [4.69, 9.17) is 0 Å². The van der Waals surface area contributed by atoms with Crippen molar-refractivity contribution in [3.05, 3.63) is 11.8 Å². The van der Waals surface area contributed by atoms with Crippen LogP contribution in [0.15, 0.2) is 11.8 Å². The average Bonchev–Trinajstić information content (AvgIpc) is 2.07. The first-order chi connectivity index (χ1) is 9.14. The summed E-state index contributed by atoms with van der Waals surface area (Å²) in [6, 6.07) is 0. The molecule has 1 unspecified atom stereocenters. The lowest BCUT2D eigenvalue weighted by Crippen LogP contribution is -2.31. The van der Waals surface area contributed by atoms with Gasteiger partial charge in [0.15, 0.2) is 0 Å². The highest BCUT2D eigenvalue weighted by atomic mass is 32.2. The number of allylic oxidation sites excluding steroid dienone is 2. The quantitative estimate of drug-likeness (QED) is 0.623. The fourth-order valence-electron chi connectivity index (χ4n) is 2.65. The summed E-state index contributed by atoms with van der Waals surface area (Å²) in [5.41, 5.74) is -6.68. The monoisotopic (exact) mass is 330 g/mol. The molecule has 0 spiro atoms. The normalized spacial score (nSPS) is 26.5. The van der Waals surface area contributed by atoms with Crippen LogP contribution < -0.4 is 0 Å². The molecule has 1 aliphatic carbocycles. The van der Waals surface area contributed by atoms with E-state index in [0.717, 1.165) is 0 Å². The minimum Gasteiger partial charge on any atom is -0.393 e. The Labute approximate surface area is 123 Å². The summed E-state index contributed by atoms with van der Waals surface area (Å²) < 4.78 is 64.0. The van der Waals surface area contributed by atoms with Gasteiger partial charge in [-0.25, -0.2) is 0 Å². The van der Waals surface area contributed by atoms with Crippen molar-refractivity contribution in [3.8, 4) is 0 Å². The van der Waals surface area contributed by atoms with Crippen LogP contribution in [0.25, 0.3) is 0 Å². The van der Waals surface area contributed by atoms with Crippen LogP contribution in [0, 0.1) is 10.8 Å². The van der Waals surface area contributed by atoms with Gasteiger partial charge in [0.05, 0.1) is 6.10 Å². The van der Waals surface area contributed by atoms with Crippen molar-refractivity contribution in [2.75, 3.05) is 0 Å². The summed E-state index contributed by atoms with van der Waals surface area (Å²) in [7, 11) is -5.67. The van der Waals surface area contributed by atoms with Gasteiger partial charge < -0.3 is 9.29 Å². The molecule has 4 nitrogen and oxygen atoms in total. The maximum absolute atomic E-state index is 12.4. The van der Waals surface area contributed by atoms with Gasteiger partial charge in [0, 0.05) is 6.42 Å². The number of aliphatic hydroxyl groups excluding tert-OH is 1. The third-order valence-electron chi connectivity index (χ3n) is 3.25. The Morgan fingerprint density at radius 1 is 1.24 bits per heavy atom. The summed E-state index contributed by atoms with van der Waals surface area (Å²) in [5.74, 6) is -0.228. The maximum Gasteiger partial charge on any atom is 0.534 e. The molecule has 1 N–H and O–H groups in total. The Hall–Kier alpha value is -0.760. The van der Waals surface area contributed by atoms with Gasteiger partial charge in [-0.3, -0.25) is 0 Å². The van der Waals surface area contributed by atoms with Gasteiger partial charge in [-0.1, -0.05) is 27.7 Å². The zero-order chi connectivity index (χ0) is 16.7. The lowest BCUT2D eigenvalue weighted by atomic mass is 9.74. The highest BCUT2D eigenvalue weighted by Gasteiger charge is 2.49. The van der Waals surface area contributed by atoms with Gasteiger partial charge in [0.25, 0.3) is 0 Å². The molecule has 0 saturated carbocycles. The summed E-state index contributed by atoms with van der Waals surface area (Å²) in [4.78, 5) is 0. The van der Waals surface area contributed by atoms with Crippen molar-refractivity contribution in [3.63, 3.8) is 0 Å². The highest BCUT2D eigenvalue weighted by molar-refractivity contribution is 7.87. The minimum absolute atomic E-state index is 0.00278. The van der Waals surface area contributed by atoms with Crippen molar-refractivity contribution < 1.29 is 30.9 Å². The first-order valence-electron chi connectivity index (χ1n) is 6.54. The Morgan fingerprint density at radius 3 is 2.24 bits per heavy atom. The summed E-state index contributed by atoms with van der Waals surface area (Å²) >= 11 is 0. The van der Waals surface area contributed by atoms with E-state index in [-0.39, 0.29) is 12.2 Å². The maximum atomic E-state index is 12.4. The molecule has 0 bridgehead atoms. The fourth-order valence-corrected chi connectivity index (χ4v) is 3.13. The first kappa shape index (κ1) is 18.3. The topological polar surface area (TPSA) is 63.6 Å². The number of alkyl halides is 3. The van der Waals surface area contributed by atoms with Crippen molar-refractivity contribution in [1.29, 1.82) is 0 Å². The molecule has 0 fully saturated rings. The fraction of sp³-hybridized carbons (Fsp3) is 0.846. The van der Waals surface area contributed by atoms with Crippen molar-refractivity contribution in [2.24, 2.45) is 10.8 Å². The van der Waals surface area contributed by atoms with Gasteiger partial charge in [-0.2, -0.15) is 21.6 Å². The lowest BCUT2D eigenvalue weighted by Gasteiger charge is -2.35. The largest absolute Gasteiger partial charge is 0.534 e. The molecule has 0 aromatic carbocycles. The Bertz CT molecular complexity index is 518. The van der Waals surface area contributed by atoms with Gasteiger partial charge in [-0.05, 0) is 29.7 Å². The number of hydrogen-bond acceptors (Lipinski definition) is 4. The van der Waals surface area contributed by atoms with Crippen molar-refractivity contribution in [2.45, 2.75) is 58.6 Å². The molecule has 0 aromatic heterocycles. The number of aliphatic hydroxyl groups is 1. The standard InChI is InChI=1S/C13H21F3O4S/c1-11(2)5-9(17)6-12(3,4)8-10(7-11)20-21(18,19)13(14,15)16/h7,9,17H,5-6,8H2,1-4H3. The third kappa shape index (κ3) is 5.18. The minimum atomic E-state index is -5.67. The smallest absolute Gasteiger partial charge is 0.393 e. The van der Waals surface area contributed by atoms with E-state index >= 15 is 0 Å². The Morgan fingerprint density at radius 2 is 1.76 bits per heavy atom. The van der Waals surface area contributed by atoms with Crippen LogP contribution in [0.5, 0.6) is 0 Å². The Kier molecular flexibility index (Phi) is 4.76. The molecule has 0 aliphatic heterocycles. The molecular formula is C13H21F3O4S. The Balaban J connectivity index is 3.16. The van der Waals surface area contributed by atoms with Crippen molar-refractivity contribution >= 4 is 10.1 Å². The van der Waals surface area contributed by atoms with Crippen molar-refractivity contribution in [1.82, 2.24) is 0 Å². The van der Waals surface area contributed by atoms with Gasteiger partial charge in [0.2, 0.25) is 0 Å². The zero-order valence-electron chi connectivity index (χ0n) is 12.5. The number of hydrogen-bond donors (Lipinski definition) is 1. The molecule has 0 radical (unpaired) electrons. The molecule has 0 amide bonds. The van der Waals surface area contributed by atoms with Crippen LogP contribution in [-0.4, -0.2) is 25.1 Å². The van der Waals surface area contributed by atoms with Crippen LogP contribution in [0.4, 0.5) is 13.2 Å². The van der Waals surface area contributed by atoms with E-state index in [0.29, 0.717) is 12.8 Å². The van der Waals surface area contributed by atoms with E-state index in [1.54, 1.807) is 27.7 Å². The molecule has 21 heavy (non-hydrogen) atoms. The molecule has 1 aliphatic rings. The first-order valence-corrected chi connectivity index (χ1v) is 7.95. The third-order valence-corrected chi connectivity index (χ3v) is 4.26. The predicted molar refractivity (Wildman–Crippen MR) is 71.6 cm³/mol. The zero-order valence-corrected chi connectivity index (χ0v) is 13.3. The van der Waals surface area contributed by atoms with E-state index < -0.39 is 32.6 Å². The van der Waals surface area contributed by atoms with Crippen LogP contribution in [0.1, 0.15) is 47.0 Å². The van der Waals surface area contributed by atoms with Crippen LogP contribution in [0.2, 0.25) is 0 Å². The predicted octanol–water partition coefficient (Wildman–Crippen LogP) is 3.33. The molecule has 1 atom stereocenters. The van der Waals surface area contributed by atoms with E-state index in [1.165, 1.54) is 6.08 Å². The number of halogens is 3. The second kappa shape index (κ2) is 5.46. The molecular weight excluding hydrogens is 309 g/mol. The summed E-state index contributed by atoms with van der Waals surface area (Å²) in [6.07, 6.45) is 1.42. The molecule has 0 aromatic rings. The molecule has 8 heteroatoms. The molecule has 0 heterocycles. The van der Waals surface area contributed by atoms with E-state index in [9.17, 15) is 26.7 Å². The lowest BCUT2D eigenvalue weighted by molar-refractivity contribution is -0.0529. The van der Waals surface area contributed by atoms with Gasteiger partial charge in [-0.15, -0.1) is 0 Å². The van der Waals surface area contributed by atoms with Gasteiger partial charge in [0.1, 0.15) is 5.76 Å². The summed E-state index contributed by atoms with van der Waals surface area (Å²) in [5, 5.41) is 9.97. The van der Waals surface area contributed by atoms with Crippen LogP contribution >= 0.6 is 0 Å². The summed E-state index contributed by atoms with van der Waals surface area (Å²) in [6.45, 7) is 6.90. The molecule has 124 valence electrons. The highest BCUT2D eigenvalue weighted by Crippen LogP contribution is 2.41. The van der Waals surface area contributed by atoms with Gasteiger partial charge >= 0.3 is 15.6 Å². The van der Waals surface area contributed by atoms with E-state index in [1.807, 2.05) is 0 Å². The molecule has 0 saturated heterocycles. The SMILES string of the molecule is CC1(C)C=C(OS(=O)(=O)C(F)(F)F)CC(C)(C)CC(O)C1.